The Hall–Kier alpha value is -1.11. The van der Waals surface area contributed by atoms with Gasteiger partial charge in [-0.25, -0.2) is 0 Å². The minimum absolute atomic E-state index is 0.170. The molecule has 0 fully saturated rings. The van der Waals surface area contributed by atoms with Crippen molar-refractivity contribution in [3.05, 3.63) is 0 Å². The number of carbonyl (C=O) groups excluding carboxylic acids is 1. The molecule has 18 heavy (non-hydrogen) atoms. The maximum absolute atomic E-state index is 12.9. The van der Waals surface area contributed by atoms with Gasteiger partial charge in [0, 0.05) is 18.1 Å². The van der Waals surface area contributed by atoms with Crippen LogP contribution in [0.3, 0.4) is 0 Å². The molecule has 7 heteroatoms. The van der Waals surface area contributed by atoms with E-state index in [0.29, 0.717) is 0 Å². The van der Waals surface area contributed by atoms with Gasteiger partial charge in [-0.05, 0) is 5.92 Å². The number of rotatable bonds is 2. The molecule has 0 unspecified atom stereocenters. The van der Waals surface area contributed by atoms with Crippen molar-refractivity contribution in [1.82, 2.24) is 5.01 Å². The third-order valence-corrected chi connectivity index (χ3v) is 2.83. The van der Waals surface area contributed by atoms with Crippen LogP contribution in [0.15, 0.2) is 5.10 Å². The van der Waals surface area contributed by atoms with Crippen molar-refractivity contribution in [3.8, 4) is 0 Å². The zero-order valence-electron chi connectivity index (χ0n) is 10.7. The first-order valence-corrected chi connectivity index (χ1v) is 5.71. The van der Waals surface area contributed by atoms with Gasteiger partial charge in [0.2, 0.25) is 5.91 Å². The number of alkyl halides is 3. The maximum Gasteiger partial charge on any atom is 0.438 e. The molecule has 1 amide bonds. The van der Waals surface area contributed by atoms with Crippen LogP contribution in [0.25, 0.3) is 0 Å². The molecule has 0 aromatic carbocycles. The fraction of sp³-hybridized carbons (Fsp3) is 0.818. The topological polar surface area (TPSA) is 52.9 Å². The lowest BCUT2D eigenvalue weighted by Crippen LogP contribution is -2.57. The zero-order valence-corrected chi connectivity index (χ0v) is 10.7. The Morgan fingerprint density at radius 3 is 2.22 bits per heavy atom. The average molecular weight is 266 g/mol. The normalized spacial score (nSPS) is 25.0. The number of halogens is 3. The van der Waals surface area contributed by atoms with Gasteiger partial charge in [-0.2, -0.15) is 23.3 Å². The van der Waals surface area contributed by atoms with E-state index in [2.05, 4.69) is 5.10 Å². The summed E-state index contributed by atoms with van der Waals surface area (Å²) in [6, 6.07) is 0. The lowest BCUT2D eigenvalue weighted by molar-refractivity contribution is -0.303. The molecule has 0 aromatic heterocycles. The van der Waals surface area contributed by atoms with E-state index in [0.717, 1.165) is 0 Å². The second kappa shape index (κ2) is 4.53. The van der Waals surface area contributed by atoms with Crippen LogP contribution < -0.4 is 0 Å². The van der Waals surface area contributed by atoms with Gasteiger partial charge >= 0.3 is 6.18 Å². The molecule has 0 aromatic rings. The molecule has 0 aliphatic carbocycles. The molecule has 1 heterocycles. The summed E-state index contributed by atoms with van der Waals surface area (Å²) >= 11 is 0. The number of carbonyl (C=O) groups is 1. The van der Waals surface area contributed by atoms with Crippen molar-refractivity contribution in [3.63, 3.8) is 0 Å². The van der Waals surface area contributed by atoms with Crippen molar-refractivity contribution >= 4 is 11.6 Å². The first-order valence-electron chi connectivity index (χ1n) is 5.71. The Bertz CT molecular complexity index is 377. The first-order chi connectivity index (χ1) is 8.00. The lowest BCUT2D eigenvalue weighted by Gasteiger charge is -2.33. The highest BCUT2D eigenvalue weighted by Crippen LogP contribution is 2.41. The minimum atomic E-state index is -4.93. The van der Waals surface area contributed by atoms with Gasteiger partial charge in [-0.15, -0.1) is 0 Å². The van der Waals surface area contributed by atoms with Crippen molar-refractivity contribution in [2.24, 2.45) is 16.9 Å². The molecular weight excluding hydrogens is 249 g/mol. The van der Waals surface area contributed by atoms with Crippen LogP contribution in [0.4, 0.5) is 13.2 Å². The van der Waals surface area contributed by atoms with Crippen molar-refractivity contribution in [1.29, 1.82) is 0 Å². The largest absolute Gasteiger partial charge is 0.438 e. The monoisotopic (exact) mass is 266 g/mol. The average Bonchev–Trinajstić information content (AvgIpc) is 2.55. The van der Waals surface area contributed by atoms with Gasteiger partial charge in [0.1, 0.15) is 0 Å². The summed E-state index contributed by atoms with van der Waals surface area (Å²) in [5.74, 6) is -1.77. The SMILES string of the molecule is CC(C)C(=O)N1N=C(C(C)C)C[C@@]1(O)C(F)(F)F. The molecule has 1 aliphatic rings. The highest BCUT2D eigenvalue weighted by molar-refractivity contribution is 5.92. The van der Waals surface area contributed by atoms with Crippen molar-refractivity contribution < 1.29 is 23.1 Å². The van der Waals surface area contributed by atoms with Crippen LogP contribution in [0.2, 0.25) is 0 Å². The summed E-state index contributed by atoms with van der Waals surface area (Å²) in [6.07, 6.45) is -5.62. The third-order valence-electron chi connectivity index (χ3n) is 2.83. The van der Waals surface area contributed by atoms with Crippen LogP contribution in [-0.4, -0.2) is 33.6 Å². The minimum Gasteiger partial charge on any atom is -0.362 e. The van der Waals surface area contributed by atoms with Gasteiger partial charge in [0.25, 0.3) is 5.72 Å². The standard InChI is InChI=1S/C11H17F3N2O2/c1-6(2)8-5-10(18,11(12,13)14)16(15-8)9(17)7(3)4/h6-7,18H,5H2,1-4H3/t10-/m1/s1. The van der Waals surface area contributed by atoms with Crippen LogP contribution >= 0.6 is 0 Å². The Labute approximate surface area is 103 Å². The van der Waals surface area contributed by atoms with Gasteiger partial charge in [-0.1, -0.05) is 27.7 Å². The zero-order chi connectivity index (χ0) is 14.3. The number of hydrogen-bond acceptors (Lipinski definition) is 3. The fourth-order valence-electron chi connectivity index (χ4n) is 1.59. The van der Waals surface area contributed by atoms with Gasteiger partial charge in [-0.3, -0.25) is 4.79 Å². The molecule has 0 bridgehead atoms. The van der Waals surface area contributed by atoms with Gasteiger partial charge in [0.05, 0.1) is 0 Å². The van der Waals surface area contributed by atoms with Gasteiger partial charge in [0.15, 0.2) is 0 Å². The number of amides is 1. The molecule has 1 rings (SSSR count). The smallest absolute Gasteiger partial charge is 0.362 e. The van der Waals surface area contributed by atoms with E-state index in [1.807, 2.05) is 0 Å². The summed E-state index contributed by atoms with van der Waals surface area (Å²) in [5.41, 5.74) is -3.04. The Kier molecular flexibility index (Phi) is 3.76. The van der Waals surface area contributed by atoms with E-state index in [4.69, 9.17) is 0 Å². The summed E-state index contributed by atoms with van der Waals surface area (Å²) in [6.45, 7) is 6.25. The highest BCUT2D eigenvalue weighted by atomic mass is 19.4. The molecule has 0 radical (unpaired) electrons. The molecular formula is C11H17F3N2O2. The van der Waals surface area contributed by atoms with E-state index in [9.17, 15) is 23.1 Å². The Morgan fingerprint density at radius 1 is 1.39 bits per heavy atom. The molecule has 104 valence electrons. The molecule has 0 spiro atoms. The highest BCUT2D eigenvalue weighted by Gasteiger charge is 2.63. The van der Waals surface area contributed by atoms with E-state index in [1.54, 1.807) is 13.8 Å². The van der Waals surface area contributed by atoms with E-state index >= 15 is 0 Å². The second-order valence-corrected chi connectivity index (χ2v) is 5.04. The predicted octanol–water partition coefficient (Wildman–Crippen LogP) is 2.14. The molecule has 0 saturated heterocycles. The molecule has 1 atom stereocenters. The predicted molar refractivity (Wildman–Crippen MR) is 59.6 cm³/mol. The fourth-order valence-corrected chi connectivity index (χ4v) is 1.59. The van der Waals surface area contributed by atoms with Crippen molar-refractivity contribution in [2.45, 2.75) is 46.0 Å². The molecule has 1 aliphatic heterocycles. The maximum atomic E-state index is 12.9. The van der Waals surface area contributed by atoms with Crippen LogP contribution in [0.1, 0.15) is 34.1 Å². The Balaban J connectivity index is 3.18. The van der Waals surface area contributed by atoms with E-state index in [1.165, 1.54) is 13.8 Å². The van der Waals surface area contributed by atoms with Crippen LogP contribution in [0, 0.1) is 11.8 Å². The summed E-state index contributed by atoms with van der Waals surface area (Å²) in [4.78, 5) is 11.7. The third kappa shape index (κ3) is 2.36. The molecule has 1 N–H and O–H groups in total. The number of hydrogen-bond donors (Lipinski definition) is 1. The van der Waals surface area contributed by atoms with E-state index < -0.39 is 30.1 Å². The van der Waals surface area contributed by atoms with Crippen LogP contribution in [-0.2, 0) is 4.79 Å². The number of hydrazone groups is 1. The summed E-state index contributed by atoms with van der Waals surface area (Å²) in [7, 11) is 0. The first kappa shape index (κ1) is 14.9. The number of aliphatic hydroxyl groups is 1. The Morgan fingerprint density at radius 2 is 1.89 bits per heavy atom. The molecule has 0 saturated carbocycles. The van der Waals surface area contributed by atoms with Crippen LogP contribution in [0.5, 0.6) is 0 Å². The second-order valence-electron chi connectivity index (χ2n) is 5.04. The molecule has 4 nitrogen and oxygen atoms in total. The summed E-state index contributed by atoms with van der Waals surface area (Å²) < 4.78 is 38.8. The van der Waals surface area contributed by atoms with Gasteiger partial charge < -0.3 is 5.11 Å². The quantitative estimate of drug-likeness (QED) is 0.832. The van der Waals surface area contributed by atoms with Crippen molar-refractivity contribution in [2.75, 3.05) is 0 Å². The van der Waals surface area contributed by atoms with E-state index in [-0.39, 0.29) is 16.6 Å². The lowest BCUT2D eigenvalue weighted by atomic mass is 9.98. The number of nitrogens with zero attached hydrogens (tertiary/aromatic N) is 2. The summed E-state index contributed by atoms with van der Waals surface area (Å²) in [5, 5.41) is 13.6.